The number of rotatable bonds is 7. The largest absolute Gasteiger partial charge is 0.457 e. The fraction of sp³-hybridized carbons (Fsp3) is 0.167. The van der Waals surface area contributed by atoms with Gasteiger partial charge < -0.3 is 4.74 Å². The van der Waals surface area contributed by atoms with Crippen LogP contribution in [0.2, 0.25) is 0 Å². The summed E-state index contributed by atoms with van der Waals surface area (Å²) in [5, 5.41) is 0. The zero-order chi connectivity index (χ0) is 20.1. The standard InChI is InChI=1S/C18H16F3NO4S/c1-2-11-22-27(24,25)15-9-7-13(8-10-15)17(23)26-12-14-5-3-4-6-16(14)18(19,20)21/h2-10,22H,1,11-12H2. The molecule has 0 fully saturated rings. The third-order valence-electron chi connectivity index (χ3n) is 3.50. The summed E-state index contributed by atoms with van der Waals surface area (Å²) in [6.45, 7) is 2.89. The molecule has 0 amide bonds. The second-order valence-electron chi connectivity index (χ2n) is 5.40. The molecule has 9 heteroatoms. The molecule has 1 N–H and O–H groups in total. The highest BCUT2D eigenvalue weighted by molar-refractivity contribution is 7.89. The van der Waals surface area contributed by atoms with E-state index in [1.807, 2.05) is 0 Å². The van der Waals surface area contributed by atoms with Crippen molar-refractivity contribution in [2.45, 2.75) is 17.7 Å². The molecule has 2 rings (SSSR count). The molecule has 0 saturated heterocycles. The molecule has 0 heterocycles. The Kier molecular flexibility index (Phi) is 6.40. The second-order valence-corrected chi connectivity index (χ2v) is 7.16. The van der Waals surface area contributed by atoms with Crippen molar-refractivity contribution in [3.05, 3.63) is 77.9 Å². The van der Waals surface area contributed by atoms with E-state index in [1.165, 1.54) is 48.5 Å². The Bertz CT molecular complexity index is 922. The maximum absolute atomic E-state index is 12.9. The fourth-order valence-electron chi connectivity index (χ4n) is 2.17. The molecule has 27 heavy (non-hydrogen) atoms. The number of nitrogens with one attached hydrogen (secondary N) is 1. The summed E-state index contributed by atoms with van der Waals surface area (Å²) in [7, 11) is -3.74. The molecule has 0 spiro atoms. The SMILES string of the molecule is C=CCNS(=O)(=O)c1ccc(C(=O)OCc2ccccc2C(F)(F)F)cc1. The number of carbonyl (C=O) groups excluding carboxylic acids is 1. The molecule has 0 saturated carbocycles. The number of sulfonamides is 1. The molecule has 0 radical (unpaired) electrons. The average Bonchev–Trinajstić information content (AvgIpc) is 2.64. The predicted molar refractivity (Wildman–Crippen MR) is 92.4 cm³/mol. The van der Waals surface area contributed by atoms with Crippen LogP contribution in [0, 0.1) is 0 Å². The highest BCUT2D eigenvalue weighted by Gasteiger charge is 2.33. The van der Waals surface area contributed by atoms with Crippen LogP contribution in [0.4, 0.5) is 13.2 Å². The molecule has 0 atom stereocenters. The first kappa shape index (κ1) is 20.7. The van der Waals surface area contributed by atoms with Crippen LogP contribution in [0.1, 0.15) is 21.5 Å². The smallest absolute Gasteiger partial charge is 0.416 e. The van der Waals surface area contributed by atoms with E-state index in [1.54, 1.807) is 0 Å². The number of esters is 1. The molecule has 2 aromatic rings. The number of carbonyl (C=O) groups is 1. The van der Waals surface area contributed by atoms with Gasteiger partial charge in [-0.25, -0.2) is 17.9 Å². The molecular weight excluding hydrogens is 383 g/mol. The van der Waals surface area contributed by atoms with Crippen molar-refractivity contribution >= 4 is 16.0 Å². The Morgan fingerprint density at radius 1 is 1.11 bits per heavy atom. The van der Waals surface area contributed by atoms with Crippen molar-refractivity contribution in [3.8, 4) is 0 Å². The third-order valence-corrected chi connectivity index (χ3v) is 4.94. The maximum Gasteiger partial charge on any atom is 0.416 e. The summed E-state index contributed by atoms with van der Waals surface area (Å²) in [5.74, 6) is -0.866. The molecule has 0 aromatic heterocycles. The van der Waals surface area contributed by atoms with Crippen molar-refractivity contribution in [2.24, 2.45) is 0 Å². The Morgan fingerprint density at radius 2 is 1.74 bits per heavy atom. The van der Waals surface area contributed by atoms with Crippen molar-refractivity contribution in [1.82, 2.24) is 4.72 Å². The Morgan fingerprint density at radius 3 is 2.33 bits per heavy atom. The fourth-order valence-corrected chi connectivity index (χ4v) is 3.17. The first-order chi connectivity index (χ1) is 12.6. The summed E-state index contributed by atoms with van der Waals surface area (Å²) in [6.07, 6.45) is -3.18. The van der Waals surface area contributed by atoms with Gasteiger partial charge in [0.2, 0.25) is 10.0 Å². The quantitative estimate of drug-likeness (QED) is 0.571. The zero-order valence-electron chi connectivity index (χ0n) is 14.0. The van der Waals surface area contributed by atoms with Gasteiger partial charge in [0.1, 0.15) is 6.61 Å². The number of hydrogen-bond donors (Lipinski definition) is 1. The van der Waals surface area contributed by atoms with E-state index in [0.29, 0.717) is 0 Å². The van der Waals surface area contributed by atoms with Crippen LogP contribution in [-0.4, -0.2) is 20.9 Å². The maximum atomic E-state index is 12.9. The highest BCUT2D eigenvalue weighted by Crippen LogP contribution is 2.32. The summed E-state index contributed by atoms with van der Waals surface area (Å²) in [4.78, 5) is 12.0. The molecule has 0 aliphatic rings. The van der Waals surface area contributed by atoms with Gasteiger partial charge in [-0.05, 0) is 30.3 Å². The predicted octanol–water partition coefficient (Wildman–Crippen LogP) is 3.53. The minimum atomic E-state index is -4.56. The lowest BCUT2D eigenvalue weighted by atomic mass is 10.1. The molecule has 0 aliphatic heterocycles. The summed E-state index contributed by atoms with van der Waals surface area (Å²) >= 11 is 0. The van der Waals surface area contributed by atoms with Crippen molar-refractivity contribution < 1.29 is 31.1 Å². The number of ether oxygens (including phenoxy) is 1. The summed E-state index contributed by atoms with van der Waals surface area (Å²) in [6, 6.07) is 9.62. The lowest BCUT2D eigenvalue weighted by Crippen LogP contribution is -2.23. The van der Waals surface area contributed by atoms with E-state index in [0.717, 1.165) is 6.07 Å². The van der Waals surface area contributed by atoms with Crippen LogP contribution in [0.3, 0.4) is 0 Å². The van der Waals surface area contributed by atoms with Gasteiger partial charge in [-0.15, -0.1) is 6.58 Å². The van der Waals surface area contributed by atoms with E-state index in [-0.39, 0.29) is 22.6 Å². The molecule has 0 bridgehead atoms. The summed E-state index contributed by atoms with van der Waals surface area (Å²) < 4.78 is 69.9. The molecule has 2 aromatic carbocycles. The van der Waals surface area contributed by atoms with Crippen LogP contribution in [-0.2, 0) is 27.5 Å². The highest BCUT2D eigenvalue weighted by atomic mass is 32.2. The normalized spacial score (nSPS) is 11.8. The van der Waals surface area contributed by atoms with Gasteiger partial charge in [0, 0.05) is 12.1 Å². The number of hydrogen-bond acceptors (Lipinski definition) is 4. The van der Waals surface area contributed by atoms with Crippen molar-refractivity contribution in [2.75, 3.05) is 6.54 Å². The van der Waals surface area contributed by atoms with Crippen molar-refractivity contribution in [3.63, 3.8) is 0 Å². The van der Waals surface area contributed by atoms with Crippen LogP contribution in [0.5, 0.6) is 0 Å². The van der Waals surface area contributed by atoms with Crippen LogP contribution in [0.25, 0.3) is 0 Å². The minimum absolute atomic E-state index is 0.0159. The molecule has 0 aliphatic carbocycles. The monoisotopic (exact) mass is 399 g/mol. The average molecular weight is 399 g/mol. The zero-order valence-corrected chi connectivity index (χ0v) is 14.8. The van der Waals surface area contributed by atoms with Crippen LogP contribution < -0.4 is 4.72 Å². The van der Waals surface area contributed by atoms with E-state index < -0.39 is 34.3 Å². The Balaban J connectivity index is 2.09. The van der Waals surface area contributed by atoms with E-state index >= 15 is 0 Å². The molecule has 5 nitrogen and oxygen atoms in total. The van der Waals surface area contributed by atoms with Gasteiger partial charge >= 0.3 is 12.1 Å². The minimum Gasteiger partial charge on any atom is -0.457 e. The third kappa shape index (κ3) is 5.41. The lowest BCUT2D eigenvalue weighted by Gasteiger charge is -2.13. The van der Waals surface area contributed by atoms with Gasteiger partial charge in [0.25, 0.3) is 0 Å². The second kappa shape index (κ2) is 8.36. The summed E-state index contributed by atoms with van der Waals surface area (Å²) in [5.41, 5.74) is -1.04. The topological polar surface area (TPSA) is 72.5 Å². The van der Waals surface area contributed by atoms with Crippen LogP contribution in [0.15, 0.2) is 66.1 Å². The number of alkyl halides is 3. The first-order valence-corrected chi connectivity index (χ1v) is 9.16. The van der Waals surface area contributed by atoms with Gasteiger partial charge in [-0.3, -0.25) is 0 Å². The number of halogens is 3. The van der Waals surface area contributed by atoms with Crippen molar-refractivity contribution in [1.29, 1.82) is 0 Å². The Hall–Kier alpha value is -2.65. The van der Waals surface area contributed by atoms with Gasteiger partial charge in [-0.2, -0.15) is 13.2 Å². The van der Waals surface area contributed by atoms with E-state index in [4.69, 9.17) is 4.74 Å². The van der Waals surface area contributed by atoms with E-state index in [9.17, 15) is 26.4 Å². The van der Waals surface area contributed by atoms with E-state index in [2.05, 4.69) is 11.3 Å². The van der Waals surface area contributed by atoms with Crippen LogP contribution >= 0.6 is 0 Å². The number of benzene rings is 2. The Labute approximate surface area is 154 Å². The molecular formula is C18H16F3NO4S. The first-order valence-electron chi connectivity index (χ1n) is 7.68. The van der Waals surface area contributed by atoms with Gasteiger partial charge in [0.15, 0.2) is 0 Å². The lowest BCUT2D eigenvalue weighted by molar-refractivity contribution is -0.138. The van der Waals surface area contributed by atoms with Gasteiger partial charge in [0.05, 0.1) is 16.0 Å². The molecule has 0 unspecified atom stereocenters. The van der Waals surface area contributed by atoms with Gasteiger partial charge in [-0.1, -0.05) is 24.3 Å². The molecule has 144 valence electrons.